The fourth-order valence-electron chi connectivity index (χ4n) is 2.49. The molecule has 0 radical (unpaired) electrons. The Hall–Kier alpha value is -0.570. The Morgan fingerprint density at radius 1 is 1.33 bits per heavy atom. The molecule has 0 amide bonds. The van der Waals surface area contributed by atoms with E-state index in [1.807, 2.05) is 0 Å². The number of hydrogen-bond donors (Lipinski definition) is 0. The Balaban J connectivity index is 2.37. The Morgan fingerprint density at radius 2 is 2.07 bits per heavy atom. The summed E-state index contributed by atoms with van der Waals surface area (Å²) in [5.74, 6) is 2.10. The normalized spacial score (nSPS) is 26.5. The molecule has 1 saturated carbocycles. The molecular formula is C11H18ClN3. The summed E-state index contributed by atoms with van der Waals surface area (Å²) >= 11 is 6.12. The van der Waals surface area contributed by atoms with Gasteiger partial charge in [0, 0.05) is 12.0 Å². The van der Waals surface area contributed by atoms with Crippen LogP contribution in [-0.4, -0.2) is 14.8 Å². The SMILES string of the molecule is CC(C)c1nnc(Cl)n1C1CCCC1C. The molecule has 0 aliphatic heterocycles. The average molecular weight is 228 g/mol. The van der Waals surface area contributed by atoms with E-state index in [1.165, 1.54) is 19.3 Å². The van der Waals surface area contributed by atoms with Gasteiger partial charge in [-0.05, 0) is 30.4 Å². The van der Waals surface area contributed by atoms with Gasteiger partial charge in [0.25, 0.3) is 0 Å². The fourth-order valence-corrected chi connectivity index (χ4v) is 2.74. The summed E-state index contributed by atoms with van der Waals surface area (Å²) in [6.07, 6.45) is 3.78. The van der Waals surface area contributed by atoms with Crippen LogP contribution in [0.4, 0.5) is 0 Å². The van der Waals surface area contributed by atoms with Crippen LogP contribution in [-0.2, 0) is 0 Å². The van der Waals surface area contributed by atoms with E-state index in [-0.39, 0.29) is 0 Å². The standard InChI is InChI=1S/C11H18ClN3/c1-7(2)10-13-14-11(12)15(10)9-6-4-5-8(9)3/h7-9H,4-6H2,1-3H3. The quantitative estimate of drug-likeness (QED) is 0.775. The second kappa shape index (κ2) is 4.12. The molecule has 0 spiro atoms. The maximum Gasteiger partial charge on any atom is 0.225 e. The minimum atomic E-state index is 0.387. The zero-order chi connectivity index (χ0) is 11.0. The summed E-state index contributed by atoms with van der Waals surface area (Å²) in [6, 6.07) is 0.505. The lowest BCUT2D eigenvalue weighted by atomic mass is 10.1. The highest BCUT2D eigenvalue weighted by molar-refractivity contribution is 6.28. The van der Waals surface area contributed by atoms with Crippen LogP contribution in [0.15, 0.2) is 0 Å². The van der Waals surface area contributed by atoms with Crippen LogP contribution in [0.1, 0.15) is 57.8 Å². The molecule has 3 nitrogen and oxygen atoms in total. The highest BCUT2D eigenvalue weighted by atomic mass is 35.5. The molecule has 1 aliphatic carbocycles. The van der Waals surface area contributed by atoms with Crippen molar-refractivity contribution >= 4 is 11.6 Å². The fraction of sp³-hybridized carbons (Fsp3) is 0.818. The number of nitrogens with zero attached hydrogens (tertiary/aromatic N) is 3. The molecule has 2 unspecified atom stereocenters. The predicted molar refractivity (Wildman–Crippen MR) is 61.2 cm³/mol. The number of hydrogen-bond acceptors (Lipinski definition) is 2. The van der Waals surface area contributed by atoms with Gasteiger partial charge in [0.2, 0.25) is 5.28 Å². The second-order valence-corrected chi connectivity index (χ2v) is 5.17. The molecule has 1 fully saturated rings. The first-order valence-electron chi connectivity index (χ1n) is 5.71. The van der Waals surface area contributed by atoms with Crippen molar-refractivity contribution in [1.29, 1.82) is 0 Å². The van der Waals surface area contributed by atoms with E-state index in [0.29, 0.717) is 23.2 Å². The lowest BCUT2D eigenvalue weighted by Gasteiger charge is -2.20. The lowest BCUT2D eigenvalue weighted by Crippen LogP contribution is -2.15. The summed E-state index contributed by atoms with van der Waals surface area (Å²) in [6.45, 7) is 6.56. The summed E-state index contributed by atoms with van der Waals surface area (Å²) in [5, 5.41) is 8.72. The molecule has 1 heterocycles. The third-order valence-electron chi connectivity index (χ3n) is 3.34. The molecule has 2 atom stereocenters. The highest BCUT2D eigenvalue weighted by Crippen LogP contribution is 2.38. The molecular weight excluding hydrogens is 210 g/mol. The van der Waals surface area contributed by atoms with Crippen LogP contribution in [0.3, 0.4) is 0 Å². The molecule has 1 aromatic rings. The maximum atomic E-state index is 6.12. The summed E-state index contributed by atoms with van der Waals surface area (Å²) in [7, 11) is 0. The third kappa shape index (κ3) is 1.89. The second-order valence-electron chi connectivity index (χ2n) is 4.83. The monoisotopic (exact) mass is 227 g/mol. The molecule has 4 heteroatoms. The zero-order valence-corrected chi connectivity index (χ0v) is 10.3. The van der Waals surface area contributed by atoms with Crippen LogP contribution in [0.25, 0.3) is 0 Å². The van der Waals surface area contributed by atoms with Crippen LogP contribution in [0, 0.1) is 5.92 Å². The lowest BCUT2D eigenvalue weighted by molar-refractivity contribution is 0.391. The van der Waals surface area contributed by atoms with Gasteiger partial charge in [0.15, 0.2) is 0 Å². The Kier molecular flexibility index (Phi) is 3.01. The minimum Gasteiger partial charge on any atom is -0.298 e. The van der Waals surface area contributed by atoms with E-state index >= 15 is 0 Å². The topological polar surface area (TPSA) is 30.7 Å². The van der Waals surface area contributed by atoms with Gasteiger partial charge in [-0.2, -0.15) is 0 Å². The van der Waals surface area contributed by atoms with E-state index < -0.39 is 0 Å². The zero-order valence-electron chi connectivity index (χ0n) is 9.57. The van der Waals surface area contributed by atoms with Gasteiger partial charge in [0.05, 0.1) is 0 Å². The van der Waals surface area contributed by atoms with Gasteiger partial charge in [0.1, 0.15) is 5.82 Å². The van der Waals surface area contributed by atoms with E-state index in [4.69, 9.17) is 11.6 Å². The van der Waals surface area contributed by atoms with Crippen molar-refractivity contribution in [3.8, 4) is 0 Å². The first-order valence-corrected chi connectivity index (χ1v) is 6.09. The van der Waals surface area contributed by atoms with E-state index in [0.717, 1.165) is 5.82 Å². The maximum absolute atomic E-state index is 6.12. The van der Waals surface area contributed by atoms with Gasteiger partial charge in [-0.3, -0.25) is 4.57 Å². The van der Waals surface area contributed by atoms with E-state index in [2.05, 4.69) is 35.5 Å². The summed E-state index contributed by atoms with van der Waals surface area (Å²) < 4.78 is 2.14. The Labute approximate surface area is 95.8 Å². The van der Waals surface area contributed by atoms with E-state index in [9.17, 15) is 0 Å². The molecule has 0 bridgehead atoms. The summed E-state index contributed by atoms with van der Waals surface area (Å²) in [5.41, 5.74) is 0. The average Bonchev–Trinajstić information content (AvgIpc) is 2.71. The molecule has 2 rings (SSSR count). The van der Waals surface area contributed by atoms with Gasteiger partial charge in [-0.25, -0.2) is 0 Å². The number of halogens is 1. The van der Waals surface area contributed by atoms with Crippen molar-refractivity contribution < 1.29 is 0 Å². The van der Waals surface area contributed by atoms with Crippen molar-refractivity contribution in [2.45, 2.75) is 52.0 Å². The van der Waals surface area contributed by atoms with Gasteiger partial charge in [-0.1, -0.05) is 27.2 Å². The van der Waals surface area contributed by atoms with Crippen molar-refractivity contribution in [3.05, 3.63) is 11.1 Å². The molecule has 0 N–H and O–H groups in total. The van der Waals surface area contributed by atoms with Crippen LogP contribution >= 0.6 is 11.6 Å². The molecule has 84 valence electrons. The first kappa shape index (κ1) is 10.9. The number of aromatic nitrogens is 3. The van der Waals surface area contributed by atoms with Crippen molar-refractivity contribution in [1.82, 2.24) is 14.8 Å². The first-order chi connectivity index (χ1) is 7.11. The van der Waals surface area contributed by atoms with E-state index in [1.54, 1.807) is 0 Å². The highest BCUT2D eigenvalue weighted by Gasteiger charge is 2.29. The summed E-state index contributed by atoms with van der Waals surface area (Å²) in [4.78, 5) is 0. The molecule has 0 aromatic carbocycles. The van der Waals surface area contributed by atoms with Crippen molar-refractivity contribution in [3.63, 3.8) is 0 Å². The Bertz CT molecular complexity index is 346. The van der Waals surface area contributed by atoms with Crippen molar-refractivity contribution in [2.75, 3.05) is 0 Å². The number of rotatable bonds is 2. The minimum absolute atomic E-state index is 0.387. The Morgan fingerprint density at radius 3 is 2.60 bits per heavy atom. The smallest absolute Gasteiger partial charge is 0.225 e. The van der Waals surface area contributed by atoms with Gasteiger partial charge in [-0.15, -0.1) is 10.2 Å². The van der Waals surface area contributed by atoms with Crippen LogP contribution in [0.5, 0.6) is 0 Å². The third-order valence-corrected chi connectivity index (χ3v) is 3.60. The largest absolute Gasteiger partial charge is 0.298 e. The molecule has 1 aliphatic rings. The van der Waals surface area contributed by atoms with Crippen molar-refractivity contribution in [2.24, 2.45) is 5.92 Å². The molecule has 1 aromatic heterocycles. The van der Waals surface area contributed by atoms with Crippen LogP contribution in [0.2, 0.25) is 5.28 Å². The van der Waals surface area contributed by atoms with Gasteiger partial charge < -0.3 is 0 Å². The van der Waals surface area contributed by atoms with Gasteiger partial charge >= 0.3 is 0 Å². The molecule has 0 saturated heterocycles. The van der Waals surface area contributed by atoms with Crippen LogP contribution < -0.4 is 0 Å². The molecule has 15 heavy (non-hydrogen) atoms. The predicted octanol–water partition coefficient (Wildman–Crippen LogP) is 3.42.